The summed E-state index contributed by atoms with van der Waals surface area (Å²) in [5.41, 5.74) is -0.350. The smallest absolute Gasteiger partial charge is 0.416 e. The van der Waals surface area contributed by atoms with E-state index >= 15 is 0 Å². The van der Waals surface area contributed by atoms with Crippen LogP contribution < -0.4 is 5.32 Å². The molecule has 0 aliphatic rings. The van der Waals surface area contributed by atoms with Crippen LogP contribution in [0.2, 0.25) is 0 Å². The predicted molar refractivity (Wildman–Crippen MR) is 64.8 cm³/mol. The number of benzene rings is 1. The molecule has 0 radical (unpaired) electrons. The molecule has 0 unspecified atom stereocenters. The van der Waals surface area contributed by atoms with Crippen LogP contribution in [-0.2, 0) is 26.9 Å². The van der Waals surface area contributed by atoms with Gasteiger partial charge in [0, 0.05) is 0 Å². The Bertz CT molecular complexity index is 483. The van der Waals surface area contributed by atoms with E-state index in [1.54, 1.807) is 0 Å². The van der Waals surface area contributed by atoms with E-state index in [9.17, 15) is 22.8 Å². The second-order valence-electron chi connectivity index (χ2n) is 4.18. The summed E-state index contributed by atoms with van der Waals surface area (Å²) < 4.78 is 41.5. The van der Waals surface area contributed by atoms with Crippen LogP contribution in [0.3, 0.4) is 0 Å². The molecule has 0 aliphatic heterocycles. The van der Waals surface area contributed by atoms with E-state index in [2.05, 4.69) is 10.1 Å². The number of nitrogens with one attached hydrogen (secondary N) is 1. The average molecular weight is 289 g/mol. The number of ether oxygens (including phenoxy) is 1. The normalized spacial score (nSPS) is 12.7. The van der Waals surface area contributed by atoms with Crippen LogP contribution in [0.1, 0.15) is 18.1 Å². The van der Waals surface area contributed by atoms with Gasteiger partial charge in [0.25, 0.3) is 0 Å². The number of hydrogen-bond acceptors (Lipinski definition) is 3. The molecule has 0 aliphatic carbocycles. The number of alkyl halides is 3. The lowest BCUT2D eigenvalue weighted by atomic mass is 10.1. The Morgan fingerprint density at radius 1 is 1.25 bits per heavy atom. The summed E-state index contributed by atoms with van der Waals surface area (Å²) in [6.07, 6.45) is -4.51. The monoisotopic (exact) mass is 289 g/mol. The van der Waals surface area contributed by atoms with E-state index in [-0.39, 0.29) is 6.42 Å². The first-order valence-corrected chi connectivity index (χ1v) is 5.77. The molecule has 0 saturated heterocycles. The summed E-state index contributed by atoms with van der Waals surface area (Å²) in [4.78, 5) is 22.7. The Hall–Kier alpha value is -2.05. The van der Waals surface area contributed by atoms with Gasteiger partial charge < -0.3 is 10.1 Å². The lowest BCUT2D eigenvalue weighted by molar-refractivity contribution is -0.144. The summed E-state index contributed by atoms with van der Waals surface area (Å²) in [5, 5.41) is 2.39. The van der Waals surface area contributed by atoms with Crippen molar-refractivity contribution in [2.75, 3.05) is 7.11 Å². The number of halogens is 3. The second-order valence-corrected chi connectivity index (χ2v) is 4.18. The third-order valence-corrected chi connectivity index (χ3v) is 2.58. The zero-order valence-electron chi connectivity index (χ0n) is 11.0. The van der Waals surface area contributed by atoms with Gasteiger partial charge in [0.15, 0.2) is 0 Å². The molecule has 0 aromatic heterocycles. The van der Waals surface area contributed by atoms with Crippen molar-refractivity contribution in [2.24, 2.45) is 0 Å². The lowest BCUT2D eigenvalue weighted by Gasteiger charge is -2.12. The lowest BCUT2D eigenvalue weighted by Crippen LogP contribution is -2.39. The Balaban J connectivity index is 2.61. The number of esters is 1. The third kappa shape index (κ3) is 4.56. The molecule has 1 aromatic carbocycles. The topological polar surface area (TPSA) is 55.4 Å². The maximum Gasteiger partial charge on any atom is 0.416 e. The third-order valence-electron chi connectivity index (χ3n) is 2.58. The van der Waals surface area contributed by atoms with Gasteiger partial charge in [0.2, 0.25) is 5.91 Å². The van der Waals surface area contributed by atoms with Crippen molar-refractivity contribution in [3.8, 4) is 0 Å². The van der Waals surface area contributed by atoms with E-state index in [0.717, 1.165) is 12.1 Å². The fourth-order valence-corrected chi connectivity index (χ4v) is 1.53. The van der Waals surface area contributed by atoms with Crippen molar-refractivity contribution in [3.05, 3.63) is 35.4 Å². The first-order chi connectivity index (χ1) is 9.24. The van der Waals surface area contributed by atoms with Gasteiger partial charge in [-0.15, -0.1) is 0 Å². The largest absolute Gasteiger partial charge is 0.467 e. The van der Waals surface area contributed by atoms with Crippen molar-refractivity contribution < 1.29 is 27.5 Å². The summed E-state index contributed by atoms with van der Waals surface area (Å²) in [6.45, 7) is 1.45. The first-order valence-electron chi connectivity index (χ1n) is 5.77. The van der Waals surface area contributed by atoms with Crippen LogP contribution in [0.4, 0.5) is 13.2 Å². The minimum atomic E-state index is -4.40. The van der Waals surface area contributed by atoms with Crippen molar-refractivity contribution in [1.29, 1.82) is 0 Å². The first kappa shape index (κ1) is 16.0. The fourth-order valence-electron chi connectivity index (χ4n) is 1.53. The van der Waals surface area contributed by atoms with Crippen LogP contribution in [0.5, 0.6) is 0 Å². The quantitative estimate of drug-likeness (QED) is 0.862. The van der Waals surface area contributed by atoms with Crippen LogP contribution in [-0.4, -0.2) is 25.0 Å². The van der Waals surface area contributed by atoms with E-state index < -0.39 is 29.7 Å². The fraction of sp³-hybridized carbons (Fsp3) is 0.385. The summed E-state index contributed by atoms with van der Waals surface area (Å²) >= 11 is 0. The summed E-state index contributed by atoms with van der Waals surface area (Å²) in [5.74, 6) is -1.06. The standard InChI is InChI=1S/C13H14F3NO3/c1-8(12(19)20-2)17-11(18)7-9-3-5-10(6-4-9)13(14,15)16/h3-6,8H,7H2,1-2H3,(H,17,18)/t8-/m0/s1. The van der Waals surface area contributed by atoms with Gasteiger partial charge in [-0.05, 0) is 24.6 Å². The van der Waals surface area contributed by atoms with E-state index in [1.165, 1.54) is 26.2 Å². The minimum Gasteiger partial charge on any atom is -0.467 e. The molecule has 1 atom stereocenters. The number of amides is 1. The molecule has 0 saturated carbocycles. The molecule has 1 rings (SSSR count). The van der Waals surface area contributed by atoms with E-state index in [4.69, 9.17) is 0 Å². The van der Waals surface area contributed by atoms with Crippen molar-refractivity contribution in [3.63, 3.8) is 0 Å². The number of carbonyl (C=O) groups is 2. The van der Waals surface area contributed by atoms with Gasteiger partial charge in [-0.25, -0.2) is 4.79 Å². The van der Waals surface area contributed by atoms with Gasteiger partial charge in [0.1, 0.15) is 6.04 Å². The Morgan fingerprint density at radius 3 is 2.25 bits per heavy atom. The Morgan fingerprint density at radius 2 is 1.80 bits per heavy atom. The van der Waals surface area contributed by atoms with Crippen LogP contribution in [0.25, 0.3) is 0 Å². The zero-order valence-corrected chi connectivity index (χ0v) is 11.0. The highest BCUT2D eigenvalue weighted by Crippen LogP contribution is 2.29. The molecule has 0 bridgehead atoms. The maximum atomic E-state index is 12.4. The highest BCUT2D eigenvalue weighted by molar-refractivity contribution is 5.85. The number of rotatable bonds is 4. The van der Waals surface area contributed by atoms with Gasteiger partial charge >= 0.3 is 12.1 Å². The molecule has 1 amide bonds. The molecule has 4 nitrogen and oxygen atoms in total. The van der Waals surface area contributed by atoms with Gasteiger partial charge in [0.05, 0.1) is 19.1 Å². The molecule has 20 heavy (non-hydrogen) atoms. The second kappa shape index (κ2) is 6.40. The molecule has 1 N–H and O–H groups in total. The van der Waals surface area contributed by atoms with Gasteiger partial charge in [-0.2, -0.15) is 13.2 Å². The molecule has 1 aromatic rings. The van der Waals surface area contributed by atoms with Gasteiger partial charge in [-0.1, -0.05) is 12.1 Å². The van der Waals surface area contributed by atoms with Crippen LogP contribution >= 0.6 is 0 Å². The summed E-state index contributed by atoms with van der Waals surface area (Å²) in [7, 11) is 1.20. The molecular weight excluding hydrogens is 275 g/mol. The van der Waals surface area contributed by atoms with E-state index in [0.29, 0.717) is 5.56 Å². The van der Waals surface area contributed by atoms with Crippen molar-refractivity contribution >= 4 is 11.9 Å². The SMILES string of the molecule is COC(=O)[C@H](C)NC(=O)Cc1ccc(C(F)(F)F)cc1. The van der Waals surface area contributed by atoms with Crippen LogP contribution in [0.15, 0.2) is 24.3 Å². The highest BCUT2D eigenvalue weighted by atomic mass is 19.4. The summed E-state index contributed by atoms with van der Waals surface area (Å²) in [6, 6.07) is 3.47. The number of hydrogen-bond donors (Lipinski definition) is 1. The van der Waals surface area contributed by atoms with E-state index in [1.807, 2.05) is 0 Å². The highest BCUT2D eigenvalue weighted by Gasteiger charge is 2.30. The van der Waals surface area contributed by atoms with Crippen molar-refractivity contribution in [2.45, 2.75) is 25.6 Å². The molecule has 0 heterocycles. The molecule has 0 spiro atoms. The number of methoxy groups -OCH3 is 1. The van der Waals surface area contributed by atoms with Gasteiger partial charge in [-0.3, -0.25) is 4.79 Å². The zero-order chi connectivity index (χ0) is 15.3. The predicted octanol–water partition coefficient (Wildman–Crippen LogP) is 1.93. The minimum absolute atomic E-state index is 0.112. The Labute approximate surface area is 113 Å². The molecule has 110 valence electrons. The van der Waals surface area contributed by atoms with Crippen LogP contribution in [0, 0.1) is 0 Å². The Kier molecular flexibility index (Phi) is 5.12. The molecule has 7 heteroatoms. The van der Waals surface area contributed by atoms with Crippen molar-refractivity contribution in [1.82, 2.24) is 5.32 Å². The average Bonchev–Trinajstić information content (AvgIpc) is 2.37. The number of carbonyl (C=O) groups excluding carboxylic acids is 2. The maximum absolute atomic E-state index is 12.4. The molecule has 0 fully saturated rings. The molecular formula is C13H14F3NO3.